The lowest BCUT2D eigenvalue weighted by atomic mass is 9.83. The van der Waals surface area contributed by atoms with Crippen LogP contribution in [0.25, 0.3) is 0 Å². The van der Waals surface area contributed by atoms with E-state index in [9.17, 15) is 4.79 Å². The van der Waals surface area contributed by atoms with Gasteiger partial charge in [0.15, 0.2) is 0 Å². The van der Waals surface area contributed by atoms with E-state index in [1.54, 1.807) is 0 Å². The van der Waals surface area contributed by atoms with Gasteiger partial charge in [0.25, 0.3) is 0 Å². The Morgan fingerprint density at radius 2 is 0.844 bits per heavy atom. The first-order valence-corrected chi connectivity index (χ1v) is 39.9. The highest BCUT2D eigenvalue weighted by Crippen LogP contribution is 2.45. The molecule has 0 spiro atoms. The Morgan fingerprint density at radius 3 is 1.29 bits per heavy atom. The molecule has 0 bridgehead atoms. The lowest BCUT2D eigenvalue weighted by molar-refractivity contribution is -0.140. The van der Waals surface area contributed by atoms with Crippen LogP contribution in [0.4, 0.5) is 0 Å². The summed E-state index contributed by atoms with van der Waals surface area (Å²) in [5, 5.41) is 0. The highest BCUT2D eigenvalue weighted by atomic mass is 16.6. The number of fused-ring (bicyclic) bond motifs is 1. The number of ether oxygens (including phenoxy) is 4. The van der Waals surface area contributed by atoms with Crippen molar-refractivity contribution >= 4 is 5.97 Å². The van der Waals surface area contributed by atoms with Crippen LogP contribution >= 0.6 is 0 Å². The third-order valence-corrected chi connectivity index (χ3v) is 21.0. The number of nitrogens with zero attached hydrogens (tertiary/aromatic N) is 4. The van der Waals surface area contributed by atoms with Crippen LogP contribution in [0.1, 0.15) is 347 Å². The van der Waals surface area contributed by atoms with Gasteiger partial charge in [0, 0.05) is 38.3 Å². The Morgan fingerprint density at radius 1 is 0.456 bits per heavy atom. The second kappa shape index (κ2) is 54.4. The summed E-state index contributed by atoms with van der Waals surface area (Å²) in [6, 6.07) is 0. The highest BCUT2D eigenvalue weighted by molar-refractivity contribution is 5.75. The van der Waals surface area contributed by atoms with Crippen LogP contribution in [-0.4, -0.2) is 136 Å². The molecule has 2 aliphatic rings. The molecule has 1 aromatic rings. The molecule has 0 N–H and O–H groups in total. The molecule has 3 rings (SSSR count). The van der Waals surface area contributed by atoms with Crippen molar-refractivity contribution in [2.45, 2.75) is 358 Å². The first kappa shape index (κ1) is 82.5. The second-order valence-corrected chi connectivity index (χ2v) is 30.2. The van der Waals surface area contributed by atoms with Crippen molar-refractivity contribution in [2.75, 3.05) is 105 Å². The maximum atomic E-state index is 13.3. The summed E-state index contributed by atoms with van der Waals surface area (Å²) < 4.78 is 25.0. The molecule has 0 saturated carbocycles. The normalized spacial score (nSPS) is 16.4. The number of carbonyl (C=O) groups excluding carboxylic acids is 1. The van der Waals surface area contributed by atoms with E-state index in [4.69, 9.17) is 18.9 Å². The minimum Gasteiger partial charge on any atom is -0.487 e. The van der Waals surface area contributed by atoms with E-state index in [2.05, 4.69) is 95.8 Å². The summed E-state index contributed by atoms with van der Waals surface area (Å²) in [7, 11) is 0. The zero-order valence-electron chi connectivity index (χ0n) is 62.3. The standard InChI is InChI=1S/C81H154N4O5/c1-12-15-18-21-24-27-30-33-36-39-55-82(56-40-37-34-31-28-25-22-19-16-13-2)58-45-60-84-62-64-85(65-63-84)61-46-59-83(57-41-38-35-32-29-26-23-20-17-14-3)66-67-87-68-69-88-70-78(86)89-79-74(8)75(9)80-77(76(79)10)52-54-81(11,90-80)53-44-51-73(7)50-43-49-72(6)48-42-47-71(4)5/h71-73H,12-70H2,1-11H3/t72-,73-,81-/m1/s1. The average molecular weight is 1260 g/mol. The van der Waals surface area contributed by atoms with Crippen LogP contribution in [-0.2, 0) is 20.7 Å². The maximum absolute atomic E-state index is 13.3. The van der Waals surface area contributed by atoms with Crippen molar-refractivity contribution in [3.63, 3.8) is 0 Å². The van der Waals surface area contributed by atoms with Gasteiger partial charge >= 0.3 is 5.97 Å². The number of hydrogen-bond acceptors (Lipinski definition) is 9. The van der Waals surface area contributed by atoms with Gasteiger partial charge in [0.05, 0.1) is 19.8 Å². The number of unbranched alkanes of at least 4 members (excludes halogenated alkanes) is 27. The molecule has 1 saturated heterocycles. The minimum atomic E-state index is -0.354. The summed E-state index contributed by atoms with van der Waals surface area (Å²) in [6.07, 6.45) is 58.2. The molecule has 3 atom stereocenters. The van der Waals surface area contributed by atoms with Crippen molar-refractivity contribution in [3.05, 3.63) is 22.3 Å². The second-order valence-electron chi connectivity index (χ2n) is 30.2. The van der Waals surface area contributed by atoms with Crippen LogP contribution < -0.4 is 9.47 Å². The van der Waals surface area contributed by atoms with Crippen LogP contribution in [0.15, 0.2) is 0 Å². The fourth-order valence-corrected chi connectivity index (χ4v) is 14.5. The van der Waals surface area contributed by atoms with Crippen molar-refractivity contribution in [1.29, 1.82) is 0 Å². The molecule has 0 radical (unpaired) electrons. The molecule has 0 unspecified atom stereocenters. The Bertz CT molecular complexity index is 1810. The number of carbonyl (C=O) groups is 1. The zero-order valence-corrected chi connectivity index (χ0v) is 62.3. The van der Waals surface area contributed by atoms with Gasteiger partial charge in [-0.15, -0.1) is 0 Å². The van der Waals surface area contributed by atoms with E-state index in [1.807, 2.05) is 0 Å². The molecule has 9 heteroatoms. The van der Waals surface area contributed by atoms with Crippen LogP contribution in [0, 0.1) is 38.5 Å². The number of piperazine rings is 1. The molecule has 9 nitrogen and oxygen atoms in total. The van der Waals surface area contributed by atoms with Crippen molar-refractivity contribution in [1.82, 2.24) is 19.6 Å². The van der Waals surface area contributed by atoms with E-state index >= 15 is 0 Å². The molecule has 1 aromatic carbocycles. The molecule has 0 aliphatic carbocycles. The van der Waals surface area contributed by atoms with Gasteiger partial charge in [-0.25, -0.2) is 4.79 Å². The SMILES string of the molecule is CCCCCCCCCCCCN(CCCCCCCCCCCC)CCCN1CCN(CCCN(CCCCCCCCCCCC)CCOCCOCC(=O)Oc2c(C)c(C)c3c(c2C)CC[C@@](C)(CCC[C@H](C)CCC[C@H](C)CCCC(C)C)O3)CC1. The summed E-state index contributed by atoms with van der Waals surface area (Å²) >= 11 is 0. The molecule has 1 fully saturated rings. The molecule has 0 amide bonds. The molecule has 2 aliphatic heterocycles. The third kappa shape index (κ3) is 40.6. The highest BCUT2D eigenvalue weighted by Gasteiger charge is 2.35. The van der Waals surface area contributed by atoms with Crippen molar-refractivity contribution < 1.29 is 23.7 Å². The Balaban J connectivity index is 1.37. The number of rotatable bonds is 62. The fraction of sp³-hybridized carbons (Fsp3) is 0.914. The van der Waals surface area contributed by atoms with Gasteiger partial charge in [-0.3, -0.25) is 0 Å². The van der Waals surface area contributed by atoms with Gasteiger partial charge in [0.2, 0.25) is 0 Å². The number of benzene rings is 1. The number of hydrogen-bond donors (Lipinski definition) is 0. The topological polar surface area (TPSA) is 67.0 Å². The lowest BCUT2D eigenvalue weighted by Crippen LogP contribution is -2.47. The first-order chi connectivity index (χ1) is 43.8. The quantitative estimate of drug-likeness (QED) is 0.0360. The van der Waals surface area contributed by atoms with E-state index in [1.165, 1.54) is 321 Å². The van der Waals surface area contributed by atoms with Crippen molar-refractivity contribution in [2.24, 2.45) is 17.8 Å². The van der Waals surface area contributed by atoms with E-state index in [-0.39, 0.29) is 18.2 Å². The van der Waals surface area contributed by atoms with E-state index in [0.717, 1.165) is 79.1 Å². The summed E-state index contributed by atoms with van der Waals surface area (Å²) in [5.74, 6) is 3.76. The Labute approximate surface area is 560 Å². The largest absolute Gasteiger partial charge is 0.487 e. The third-order valence-electron chi connectivity index (χ3n) is 21.0. The van der Waals surface area contributed by atoms with Crippen molar-refractivity contribution in [3.8, 4) is 11.5 Å². The van der Waals surface area contributed by atoms with Gasteiger partial charge in [-0.2, -0.15) is 0 Å². The average Bonchev–Trinajstić information content (AvgIpc) is 0.877. The van der Waals surface area contributed by atoms with Crippen LogP contribution in [0.2, 0.25) is 0 Å². The molecule has 90 heavy (non-hydrogen) atoms. The number of esters is 1. The molecular weight excluding hydrogens is 1110 g/mol. The van der Waals surface area contributed by atoms with Gasteiger partial charge in [0.1, 0.15) is 23.7 Å². The molecule has 0 aromatic heterocycles. The van der Waals surface area contributed by atoms with Crippen LogP contribution in [0.3, 0.4) is 0 Å². The Kier molecular flexibility index (Phi) is 49.8. The van der Waals surface area contributed by atoms with E-state index in [0.29, 0.717) is 25.6 Å². The van der Waals surface area contributed by atoms with Gasteiger partial charge < -0.3 is 38.5 Å². The van der Waals surface area contributed by atoms with Gasteiger partial charge in [-0.1, -0.05) is 267 Å². The van der Waals surface area contributed by atoms with Gasteiger partial charge in [-0.05, 0) is 166 Å². The monoisotopic (exact) mass is 1260 g/mol. The summed E-state index contributed by atoms with van der Waals surface area (Å²) in [4.78, 5) is 24.3. The predicted molar refractivity (Wildman–Crippen MR) is 391 cm³/mol. The first-order valence-electron chi connectivity index (χ1n) is 39.9. The Hall–Kier alpha value is -1.75. The molecular formula is C81H154N4O5. The van der Waals surface area contributed by atoms with Crippen LogP contribution in [0.5, 0.6) is 11.5 Å². The summed E-state index contributed by atoms with van der Waals surface area (Å²) in [5.41, 5.74) is 4.11. The lowest BCUT2D eigenvalue weighted by Gasteiger charge is -2.38. The fourth-order valence-electron chi connectivity index (χ4n) is 14.5. The predicted octanol–water partition coefficient (Wildman–Crippen LogP) is 21.8. The van der Waals surface area contributed by atoms with E-state index < -0.39 is 0 Å². The molecule has 528 valence electrons. The summed E-state index contributed by atoms with van der Waals surface area (Å²) in [6.45, 7) is 41.0. The molecule has 2 heterocycles. The maximum Gasteiger partial charge on any atom is 0.337 e. The zero-order chi connectivity index (χ0) is 65.1. The smallest absolute Gasteiger partial charge is 0.337 e. The minimum absolute atomic E-state index is 0.0840.